The van der Waals surface area contributed by atoms with Crippen LogP contribution in [0, 0.1) is 5.92 Å². The lowest BCUT2D eigenvalue weighted by molar-refractivity contribution is -0.131. The molecule has 4 rings (SSSR count). The topological polar surface area (TPSA) is 80.1 Å². The second-order valence-electron chi connectivity index (χ2n) is 8.27. The number of hydrogen-bond acceptors (Lipinski definition) is 5. The molecule has 0 saturated carbocycles. The molecule has 0 aromatic carbocycles. The Bertz CT molecular complexity index is 1040. The summed E-state index contributed by atoms with van der Waals surface area (Å²) in [6, 6.07) is 5.75. The van der Waals surface area contributed by atoms with E-state index in [1.54, 1.807) is 23.7 Å². The van der Waals surface area contributed by atoms with E-state index in [0.717, 1.165) is 28.9 Å². The maximum absolute atomic E-state index is 13.0. The van der Waals surface area contributed by atoms with Gasteiger partial charge in [-0.15, -0.1) is 0 Å². The summed E-state index contributed by atoms with van der Waals surface area (Å²) < 4.78 is 1.96. The van der Waals surface area contributed by atoms with Crippen LogP contribution in [0.3, 0.4) is 0 Å². The molecule has 7 nitrogen and oxygen atoms in total. The first-order chi connectivity index (χ1) is 15.0. The molecule has 0 bridgehead atoms. The summed E-state index contributed by atoms with van der Waals surface area (Å²) >= 11 is 1.59. The van der Waals surface area contributed by atoms with Crippen LogP contribution in [0.25, 0.3) is 0 Å². The normalized spacial score (nSPS) is 13.3. The minimum atomic E-state index is -0.213. The van der Waals surface area contributed by atoms with Gasteiger partial charge >= 0.3 is 0 Å². The molecule has 0 unspecified atom stereocenters. The van der Waals surface area contributed by atoms with Crippen molar-refractivity contribution in [2.24, 2.45) is 5.92 Å². The van der Waals surface area contributed by atoms with Crippen molar-refractivity contribution in [3.05, 3.63) is 69.4 Å². The number of aromatic nitrogens is 3. The molecule has 1 N–H and O–H groups in total. The molecule has 4 heterocycles. The van der Waals surface area contributed by atoms with Crippen molar-refractivity contribution in [3.8, 4) is 0 Å². The molecule has 162 valence electrons. The van der Waals surface area contributed by atoms with Gasteiger partial charge in [-0.2, -0.15) is 16.4 Å². The first-order valence-corrected chi connectivity index (χ1v) is 11.5. The van der Waals surface area contributed by atoms with E-state index >= 15 is 0 Å². The average molecular weight is 438 g/mol. The van der Waals surface area contributed by atoms with Crippen LogP contribution in [0.1, 0.15) is 46.7 Å². The molecule has 0 spiro atoms. The molecular weight excluding hydrogens is 410 g/mol. The van der Waals surface area contributed by atoms with Crippen LogP contribution in [0.5, 0.6) is 0 Å². The molecule has 3 aromatic rings. The number of fused-ring (bicyclic) bond motifs is 1. The first-order valence-electron chi connectivity index (χ1n) is 10.6. The SMILES string of the molecule is CC(C)Cn1nc(C(=O)NCc2cccnc2)c2c1CCN(C(=O)Cc1ccsc1)C2. The van der Waals surface area contributed by atoms with E-state index in [1.165, 1.54) is 0 Å². The summed E-state index contributed by atoms with van der Waals surface area (Å²) in [5, 5.41) is 11.6. The van der Waals surface area contributed by atoms with E-state index in [1.807, 2.05) is 38.5 Å². The highest BCUT2D eigenvalue weighted by Crippen LogP contribution is 2.24. The van der Waals surface area contributed by atoms with E-state index in [4.69, 9.17) is 0 Å². The second kappa shape index (κ2) is 9.43. The lowest BCUT2D eigenvalue weighted by atomic mass is 10.0. The Labute approximate surface area is 186 Å². The maximum atomic E-state index is 13.0. The van der Waals surface area contributed by atoms with Gasteiger partial charge in [0.15, 0.2) is 5.69 Å². The average Bonchev–Trinajstić information content (AvgIpc) is 3.40. The van der Waals surface area contributed by atoms with E-state index in [-0.39, 0.29) is 11.8 Å². The fourth-order valence-corrected chi connectivity index (χ4v) is 4.50. The Kier molecular flexibility index (Phi) is 6.46. The van der Waals surface area contributed by atoms with Crippen LogP contribution in [0.15, 0.2) is 41.4 Å². The van der Waals surface area contributed by atoms with Gasteiger partial charge in [0.1, 0.15) is 0 Å². The zero-order valence-corrected chi connectivity index (χ0v) is 18.7. The number of amides is 2. The molecule has 2 amide bonds. The molecule has 0 aliphatic carbocycles. The predicted molar refractivity (Wildman–Crippen MR) is 120 cm³/mol. The van der Waals surface area contributed by atoms with Crippen molar-refractivity contribution in [1.29, 1.82) is 0 Å². The molecule has 31 heavy (non-hydrogen) atoms. The second-order valence-corrected chi connectivity index (χ2v) is 9.05. The number of pyridine rings is 1. The van der Waals surface area contributed by atoms with Gasteiger partial charge in [0.05, 0.1) is 6.42 Å². The van der Waals surface area contributed by atoms with Gasteiger partial charge in [-0.25, -0.2) is 0 Å². The fourth-order valence-electron chi connectivity index (χ4n) is 3.83. The summed E-state index contributed by atoms with van der Waals surface area (Å²) in [5.74, 6) is 0.283. The molecule has 0 radical (unpaired) electrons. The van der Waals surface area contributed by atoms with Gasteiger partial charge in [-0.3, -0.25) is 19.3 Å². The number of rotatable bonds is 7. The standard InChI is InChI=1S/C23H27N5O2S/c1-16(2)13-28-20-5-8-27(21(29)10-17-6-9-31-15-17)14-19(20)22(26-28)23(30)25-12-18-4-3-7-24-11-18/h3-4,6-7,9,11,15-16H,5,8,10,12-14H2,1-2H3,(H,25,30). The summed E-state index contributed by atoms with van der Waals surface area (Å²) in [6.07, 6.45) is 4.54. The molecule has 0 saturated heterocycles. The van der Waals surface area contributed by atoms with Crippen LogP contribution < -0.4 is 5.32 Å². The Morgan fingerprint density at radius 2 is 2.13 bits per heavy atom. The van der Waals surface area contributed by atoms with Gasteiger partial charge in [-0.05, 0) is 39.9 Å². The molecular formula is C23H27N5O2S. The van der Waals surface area contributed by atoms with Crippen LogP contribution in [-0.4, -0.2) is 38.0 Å². The van der Waals surface area contributed by atoms with Crippen molar-refractivity contribution >= 4 is 23.2 Å². The third-order valence-corrected chi connectivity index (χ3v) is 6.08. The van der Waals surface area contributed by atoms with E-state index in [9.17, 15) is 9.59 Å². The molecule has 0 fully saturated rings. The Morgan fingerprint density at radius 1 is 1.26 bits per heavy atom. The van der Waals surface area contributed by atoms with Crippen molar-refractivity contribution in [2.75, 3.05) is 6.54 Å². The zero-order chi connectivity index (χ0) is 21.8. The lowest BCUT2D eigenvalue weighted by Crippen LogP contribution is -2.38. The van der Waals surface area contributed by atoms with Crippen molar-refractivity contribution in [1.82, 2.24) is 25.0 Å². The number of nitrogens with zero attached hydrogens (tertiary/aromatic N) is 4. The Hall–Kier alpha value is -3.00. The molecule has 3 aromatic heterocycles. The molecule has 8 heteroatoms. The predicted octanol–water partition coefficient (Wildman–Crippen LogP) is 3.05. The van der Waals surface area contributed by atoms with Gasteiger partial charge in [0, 0.05) is 56.3 Å². The minimum absolute atomic E-state index is 0.0855. The number of carbonyl (C=O) groups excluding carboxylic acids is 2. The number of thiophene rings is 1. The third-order valence-electron chi connectivity index (χ3n) is 5.35. The van der Waals surface area contributed by atoms with Crippen LogP contribution >= 0.6 is 11.3 Å². The zero-order valence-electron chi connectivity index (χ0n) is 17.9. The Balaban J connectivity index is 1.54. The third kappa shape index (κ3) is 5.02. The fraction of sp³-hybridized carbons (Fsp3) is 0.391. The first kappa shape index (κ1) is 21.2. The van der Waals surface area contributed by atoms with Gasteiger partial charge in [-0.1, -0.05) is 19.9 Å². The van der Waals surface area contributed by atoms with Crippen molar-refractivity contribution in [2.45, 2.75) is 46.3 Å². The van der Waals surface area contributed by atoms with Crippen LogP contribution in [0.2, 0.25) is 0 Å². The van der Waals surface area contributed by atoms with E-state index in [0.29, 0.717) is 44.1 Å². The van der Waals surface area contributed by atoms with Crippen LogP contribution in [-0.2, 0) is 37.3 Å². The molecule has 1 aliphatic rings. The highest BCUT2D eigenvalue weighted by Gasteiger charge is 2.30. The minimum Gasteiger partial charge on any atom is -0.346 e. The van der Waals surface area contributed by atoms with Crippen molar-refractivity contribution in [3.63, 3.8) is 0 Å². The summed E-state index contributed by atoms with van der Waals surface area (Å²) in [5.41, 5.74) is 4.33. The molecule has 0 atom stereocenters. The van der Waals surface area contributed by atoms with Gasteiger partial charge in [0.2, 0.25) is 5.91 Å². The monoisotopic (exact) mass is 437 g/mol. The number of nitrogens with one attached hydrogen (secondary N) is 1. The van der Waals surface area contributed by atoms with Gasteiger partial charge in [0.25, 0.3) is 5.91 Å². The lowest BCUT2D eigenvalue weighted by Gasteiger charge is -2.28. The van der Waals surface area contributed by atoms with E-state index in [2.05, 4.69) is 29.2 Å². The van der Waals surface area contributed by atoms with Crippen molar-refractivity contribution < 1.29 is 9.59 Å². The maximum Gasteiger partial charge on any atom is 0.272 e. The van der Waals surface area contributed by atoms with E-state index < -0.39 is 0 Å². The largest absolute Gasteiger partial charge is 0.346 e. The highest BCUT2D eigenvalue weighted by atomic mass is 32.1. The number of carbonyl (C=O) groups is 2. The van der Waals surface area contributed by atoms with Gasteiger partial charge < -0.3 is 10.2 Å². The molecule has 1 aliphatic heterocycles. The summed E-state index contributed by atoms with van der Waals surface area (Å²) in [7, 11) is 0. The summed E-state index contributed by atoms with van der Waals surface area (Å²) in [6.45, 7) is 6.48. The smallest absolute Gasteiger partial charge is 0.272 e. The quantitative estimate of drug-likeness (QED) is 0.616. The number of hydrogen-bond donors (Lipinski definition) is 1. The highest BCUT2D eigenvalue weighted by molar-refractivity contribution is 7.08. The Morgan fingerprint density at radius 3 is 2.84 bits per heavy atom. The van der Waals surface area contributed by atoms with Crippen LogP contribution in [0.4, 0.5) is 0 Å². The summed E-state index contributed by atoms with van der Waals surface area (Å²) in [4.78, 5) is 31.8.